The number of aliphatic hydroxyl groups excluding tert-OH is 4. The third-order valence-electron chi connectivity index (χ3n) is 12.7. The predicted octanol–water partition coefficient (Wildman–Crippen LogP) is 5.04. The Labute approximate surface area is 392 Å². The monoisotopic (exact) mass is 954 g/mol. The molecule has 1 fully saturated rings. The van der Waals surface area contributed by atoms with E-state index < -0.39 is 44.4 Å². The topological polar surface area (TPSA) is 203 Å². The number of nitrogens with zero attached hydrogens (tertiary/aromatic N) is 4. The van der Waals surface area contributed by atoms with E-state index in [0.29, 0.717) is 69.2 Å². The molecule has 366 valence electrons. The fraction of sp³-hybridized carbons (Fsp3) is 0.571. The zero-order valence-electron chi connectivity index (χ0n) is 39.3. The molecule has 6 N–H and O–H groups in total. The lowest BCUT2D eigenvalue weighted by Crippen LogP contribution is -2.62. The van der Waals surface area contributed by atoms with E-state index in [1.165, 1.54) is 0 Å². The van der Waals surface area contributed by atoms with Crippen LogP contribution in [-0.2, 0) is 24.8 Å². The molecular formula is C49H74N6O9S2. The largest absolute Gasteiger partial charge is 0.395 e. The first-order valence-electron chi connectivity index (χ1n) is 23.6. The fourth-order valence-corrected chi connectivity index (χ4v) is 11.6. The second kappa shape index (κ2) is 25.5. The molecule has 15 nitrogen and oxygen atoms in total. The molecule has 1 amide bonds. The Morgan fingerprint density at radius 1 is 0.591 bits per heavy atom. The van der Waals surface area contributed by atoms with Crippen molar-refractivity contribution in [2.24, 2.45) is 0 Å². The van der Waals surface area contributed by atoms with Gasteiger partial charge in [-0.2, -0.15) is 0 Å². The molecular weight excluding hydrogens is 881 g/mol. The molecule has 1 aliphatic rings. The van der Waals surface area contributed by atoms with Gasteiger partial charge in [0.05, 0.1) is 28.5 Å². The zero-order valence-corrected chi connectivity index (χ0v) is 40.9. The minimum Gasteiger partial charge on any atom is -0.395 e. The highest BCUT2D eigenvalue weighted by Gasteiger charge is 2.40. The van der Waals surface area contributed by atoms with Crippen LogP contribution < -0.4 is 19.2 Å². The fourth-order valence-electron chi connectivity index (χ4n) is 9.01. The molecule has 1 aliphatic heterocycles. The van der Waals surface area contributed by atoms with Crippen LogP contribution in [0.1, 0.15) is 83.5 Å². The number of anilines is 2. The Bertz CT molecular complexity index is 2250. The van der Waals surface area contributed by atoms with Gasteiger partial charge in [-0.25, -0.2) is 26.3 Å². The molecule has 17 heteroatoms. The highest BCUT2D eigenvalue weighted by molar-refractivity contribution is 7.90. The Morgan fingerprint density at radius 2 is 1.03 bits per heavy atom. The molecule has 0 saturated carbocycles. The normalized spacial score (nSPS) is 18.2. The van der Waals surface area contributed by atoms with E-state index >= 15 is 0 Å². The highest BCUT2D eigenvalue weighted by atomic mass is 32.2. The van der Waals surface area contributed by atoms with Crippen molar-refractivity contribution in [3.8, 4) is 0 Å². The molecule has 0 aromatic heterocycles. The van der Waals surface area contributed by atoms with Crippen molar-refractivity contribution in [3.05, 3.63) is 72.8 Å². The van der Waals surface area contributed by atoms with E-state index in [0.717, 1.165) is 79.9 Å². The second-order valence-corrected chi connectivity index (χ2v) is 21.5. The van der Waals surface area contributed by atoms with E-state index in [1.54, 1.807) is 24.3 Å². The van der Waals surface area contributed by atoms with Gasteiger partial charge in [-0.05, 0) is 69.3 Å². The number of benzene rings is 4. The van der Waals surface area contributed by atoms with Crippen molar-refractivity contribution in [1.82, 2.24) is 19.2 Å². The lowest BCUT2D eigenvalue weighted by Gasteiger charge is -2.43. The zero-order chi connectivity index (χ0) is 47.9. The van der Waals surface area contributed by atoms with Crippen LogP contribution in [0.15, 0.2) is 82.6 Å². The Kier molecular flexibility index (Phi) is 20.5. The maximum atomic E-state index is 13.6. The van der Waals surface area contributed by atoms with Gasteiger partial charge in [0.25, 0.3) is 0 Å². The van der Waals surface area contributed by atoms with Gasteiger partial charge in [0.2, 0.25) is 26.0 Å². The van der Waals surface area contributed by atoms with Crippen LogP contribution in [0.25, 0.3) is 21.5 Å². The van der Waals surface area contributed by atoms with Crippen LogP contribution in [0.4, 0.5) is 11.4 Å². The Balaban J connectivity index is 1.06. The van der Waals surface area contributed by atoms with Gasteiger partial charge in [0.15, 0.2) is 0 Å². The van der Waals surface area contributed by atoms with Crippen molar-refractivity contribution < 1.29 is 42.1 Å². The molecule has 1 saturated heterocycles. The van der Waals surface area contributed by atoms with Crippen LogP contribution in [0.5, 0.6) is 0 Å². The summed E-state index contributed by atoms with van der Waals surface area (Å²) in [4.78, 5) is 21.8. The highest BCUT2D eigenvalue weighted by Crippen LogP contribution is 2.31. The SMILES string of the molecule is CN(C)c1cccc2c(S(=O)(=O)NCCCCCCN(CCCCCCNS(=O)(=O)c3cccc4c(N(C)C)cccc34)C(=O)CCCCCCN3C[C@H](O)[C@@H](O)[C@H](O)[C@H]3CO)cccc12. The van der Waals surface area contributed by atoms with Crippen molar-refractivity contribution in [3.63, 3.8) is 0 Å². The van der Waals surface area contributed by atoms with E-state index in [2.05, 4.69) is 9.44 Å². The first kappa shape index (κ1) is 53.1. The summed E-state index contributed by atoms with van der Waals surface area (Å²) in [5.74, 6) is 0.0900. The summed E-state index contributed by atoms with van der Waals surface area (Å²) in [6.45, 7) is 2.23. The van der Waals surface area contributed by atoms with Crippen molar-refractivity contribution in [2.45, 2.75) is 118 Å². The Morgan fingerprint density at radius 3 is 1.52 bits per heavy atom. The first-order chi connectivity index (χ1) is 31.6. The van der Waals surface area contributed by atoms with Gasteiger partial charge < -0.3 is 35.1 Å². The summed E-state index contributed by atoms with van der Waals surface area (Å²) in [5.41, 5.74) is 1.89. The molecule has 4 aromatic rings. The number of carbonyl (C=O) groups is 1. The maximum absolute atomic E-state index is 13.6. The average molecular weight is 955 g/mol. The van der Waals surface area contributed by atoms with E-state index in [4.69, 9.17) is 0 Å². The van der Waals surface area contributed by atoms with Crippen LogP contribution in [0.3, 0.4) is 0 Å². The number of sulfonamides is 2. The molecule has 0 unspecified atom stereocenters. The number of hydrogen-bond donors (Lipinski definition) is 6. The Hall–Kier alpha value is -3.91. The lowest BCUT2D eigenvalue weighted by atomic mass is 9.94. The van der Waals surface area contributed by atoms with E-state index in [-0.39, 0.29) is 28.8 Å². The van der Waals surface area contributed by atoms with Crippen molar-refractivity contribution in [1.29, 1.82) is 0 Å². The summed E-state index contributed by atoms with van der Waals surface area (Å²) in [7, 11) is 0.274. The predicted molar refractivity (Wildman–Crippen MR) is 264 cm³/mol. The summed E-state index contributed by atoms with van der Waals surface area (Å²) < 4.78 is 59.1. The quantitative estimate of drug-likeness (QED) is 0.0415. The number of likely N-dealkylation sites (tertiary alicyclic amines) is 1. The number of nitrogens with one attached hydrogen (secondary N) is 2. The molecule has 1 heterocycles. The first-order valence-corrected chi connectivity index (χ1v) is 26.6. The molecule has 4 atom stereocenters. The van der Waals surface area contributed by atoms with Crippen molar-refractivity contribution >= 4 is 58.9 Å². The number of amides is 1. The molecule has 0 radical (unpaired) electrons. The van der Waals surface area contributed by atoms with Crippen LogP contribution in [-0.4, -0.2) is 151 Å². The number of rotatable bonds is 28. The summed E-state index contributed by atoms with van der Waals surface area (Å²) in [6.07, 6.45) is 6.13. The van der Waals surface area contributed by atoms with Gasteiger partial charge in [-0.3, -0.25) is 9.69 Å². The number of fused-ring (bicyclic) bond motifs is 2. The number of carbonyl (C=O) groups excluding carboxylic acids is 1. The molecule has 0 aliphatic carbocycles. The van der Waals surface area contributed by atoms with E-state index in [1.807, 2.05) is 96.3 Å². The van der Waals surface area contributed by atoms with Gasteiger partial charge >= 0.3 is 0 Å². The molecule has 66 heavy (non-hydrogen) atoms. The standard InChI is InChI=1S/C49H74N6O9S2/c1-52(2)41-25-17-23-39-37(41)21-19-27-45(39)65(61,62)50-30-12-6-9-14-32-54(47(58)29-11-5-8-16-34-55-35-44(57)49(60)48(59)43(55)36-56)33-15-10-7-13-31-51-66(63,64)46-28-20-22-38-40(46)24-18-26-42(38)53(3)4/h17-28,43-44,48-51,56-57,59-60H,5-16,29-36H2,1-4H3/t43-,44+,48-,49-/m1/s1. The smallest absolute Gasteiger partial charge is 0.241 e. The van der Waals surface area contributed by atoms with Gasteiger partial charge in [0.1, 0.15) is 12.2 Å². The summed E-state index contributed by atoms with van der Waals surface area (Å²) in [5, 5.41) is 43.3. The van der Waals surface area contributed by atoms with Crippen molar-refractivity contribution in [2.75, 3.05) is 83.9 Å². The average Bonchev–Trinajstić information content (AvgIpc) is 3.29. The number of hydrogen-bond acceptors (Lipinski definition) is 12. The molecule has 0 spiro atoms. The van der Waals surface area contributed by atoms with Crippen LogP contribution in [0.2, 0.25) is 0 Å². The second-order valence-electron chi connectivity index (χ2n) is 18.0. The molecule has 4 aromatic carbocycles. The lowest BCUT2D eigenvalue weighted by molar-refractivity contribution is -0.145. The summed E-state index contributed by atoms with van der Waals surface area (Å²) >= 11 is 0. The maximum Gasteiger partial charge on any atom is 0.241 e. The minimum atomic E-state index is -3.73. The third kappa shape index (κ3) is 14.3. The van der Waals surface area contributed by atoms with Gasteiger partial charge in [-0.15, -0.1) is 0 Å². The number of piperidine rings is 1. The molecule has 5 rings (SSSR count). The van der Waals surface area contributed by atoms with Gasteiger partial charge in [0, 0.05) is 100 Å². The summed E-state index contributed by atoms with van der Waals surface area (Å²) in [6, 6.07) is 21.4. The van der Waals surface area contributed by atoms with Crippen LogP contribution >= 0.6 is 0 Å². The minimum absolute atomic E-state index is 0.0900. The number of β-amino-alcohol motifs (C(OH)–C–C–N with tert-alkyl or cyclic N) is 1. The molecule has 0 bridgehead atoms. The van der Waals surface area contributed by atoms with Crippen LogP contribution in [0, 0.1) is 0 Å². The number of aliphatic hydroxyl groups is 4. The number of unbranched alkanes of at least 4 members (excludes halogenated alkanes) is 9. The van der Waals surface area contributed by atoms with Gasteiger partial charge in [-0.1, -0.05) is 87.1 Å². The van der Waals surface area contributed by atoms with E-state index in [9.17, 15) is 42.1 Å². The third-order valence-corrected chi connectivity index (χ3v) is 15.7.